The van der Waals surface area contributed by atoms with Gasteiger partial charge < -0.3 is 5.32 Å². The molecule has 0 bridgehead atoms. The van der Waals surface area contributed by atoms with E-state index in [9.17, 15) is 4.39 Å². The number of nitrogens with zero attached hydrogens (tertiary/aromatic N) is 1. The maximum Gasteiger partial charge on any atom is 0.129 e. The molecule has 0 aliphatic rings. The summed E-state index contributed by atoms with van der Waals surface area (Å²) in [4.78, 5) is 4.18. The summed E-state index contributed by atoms with van der Waals surface area (Å²) in [7, 11) is 0. The van der Waals surface area contributed by atoms with Crippen LogP contribution in [0.25, 0.3) is 0 Å². The highest BCUT2D eigenvalue weighted by Crippen LogP contribution is 2.28. The normalized spacial score (nSPS) is 12.4. The monoisotopic (exact) mass is 336 g/mol. The van der Waals surface area contributed by atoms with Gasteiger partial charge in [-0.2, -0.15) is 0 Å². The zero-order valence-corrected chi connectivity index (χ0v) is 13.2. The molecule has 0 radical (unpaired) electrons. The Hall–Kier alpha value is -1.26. The third-order valence-electron chi connectivity index (χ3n) is 3.26. The molecule has 2 aromatic rings. The molecule has 0 spiro atoms. The lowest BCUT2D eigenvalue weighted by atomic mass is 9.96. The van der Waals surface area contributed by atoms with Gasteiger partial charge in [-0.3, -0.25) is 4.98 Å². The van der Waals surface area contributed by atoms with Gasteiger partial charge in [-0.1, -0.05) is 28.9 Å². The molecule has 0 saturated carbocycles. The Morgan fingerprint density at radius 2 is 2.10 bits per heavy atom. The summed E-state index contributed by atoms with van der Waals surface area (Å²) in [5, 5.41) is 3.41. The smallest absolute Gasteiger partial charge is 0.129 e. The first-order valence-electron chi connectivity index (χ1n) is 6.72. The Morgan fingerprint density at radius 1 is 1.30 bits per heavy atom. The summed E-state index contributed by atoms with van der Waals surface area (Å²) in [5.41, 5.74) is 2.77. The highest BCUT2D eigenvalue weighted by atomic mass is 79.9. The summed E-state index contributed by atoms with van der Waals surface area (Å²) < 4.78 is 15.0. The maximum atomic E-state index is 14.3. The van der Waals surface area contributed by atoms with Crippen LogP contribution in [0.3, 0.4) is 0 Å². The zero-order chi connectivity index (χ0) is 14.5. The summed E-state index contributed by atoms with van der Waals surface area (Å²) >= 11 is 3.30. The number of hydrogen-bond donors (Lipinski definition) is 1. The Morgan fingerprint density at radius 3 is 2.75 bits per heavy atom. The van der Waals surface area contributed by atoms with Crippen LogP contribution in [0.2, 0.25) is 0 Å². The van der Waals surface area contributed by atoms with E-state index in [1.54, 1.807) is 6.20 Å². The molecule has 0 aliphatic heterocycles. The number of nitrogens with one attached hydrogen (secondary N) is 1. The van der Waals surface area contributed by atoms with E-state index in [0.29, 0.717) is 5.56 Å². The number of rotatable bonds is 5. The number of aryl methyl sites for hydroxylation is 1. The van der Waals surface area contributed by atoms with Crippen molar-refractivity contribution < 1.29 is 4.39 Å². The van der Waals surface area contributed by atoms with Crippen LogP contribution in [0.1, 0.15) is 36.1 Å². The second kappa shape index (κ2) is 6.95. The van der Waals surface area contributed by atoms with Crippen LogP contribution in [0.15, 0.2) is 41.1 Å². The first-order valence-corrected chi connectivity index (χ1v) is 7.51. The van der Waals surface area contributed by atoms with Gasteiger partial charge in [0.15, 0.2) is 0 Å². The van der Waals surface area contributed by atoms with Gasteiger partial charge in [-0.05, 0) is 49.2 Å². The standard InChI is InChI=1S/C16H18BrFN2/c1-3-7-20-16(14-10-19-8-6-11(14)2)13-5-4-12(17)9-15(13)18/h4-6,8-10,16,20H,3,7H2,1-2H3. The quantitative estimate of drug-likeness (QED) is 0.876. The highest BCUT2D eigenvalue weighted by molar-refractivity contribution is 9.10. The van der Waals surface area contributed by atoms with E-state index < -0.39 is 0 Å². The molecule has 0 saturated heterocycles. The van der Waals surface area contributed by atoms with E-state index in [-0.39, 0.29) is 11.9 Å². The topological polar surface area (TPSA) is 24.9 Å². The molecular weight excluding hydrogens is 319 g/mol. The molecule has 4 heteroatoms. The molecule has 1 atom stereocenters. The third kappa shape index (κ3) is 3.44. The molecule has 0 amide bonds. The fourth-order valence-electron chi connectivity index (χ4n) is 2.19. The van der Waals surface area contributed by atoms with Gasteiger partial charge in [0, 0.05) is 22.4 Å². The fraction of sp³-hybridized carbons (Fsp3) is 0.312. The van der Waals surface area contributed by atoms with Gasteiger partial charge in [-0.25, -0.2) is 4.39 Å². The van der Waals surface area contributed by atoms with Gasteiger partial charge in [0.1, 0.15) is 5.82 Å². The molecular formula is C16H18BrFN2. The average Bonchev–Trinajstić information content (AvgIpc) is 2.42. The molecule has 1 unspecified atom stereocenters. The Labute approximate surface area is 127 Å². The van der Waals surface area contributed by atoms with E-state index in [0.717, 1.165) is 28.6 Å². The minimum atomic E-state index is -0.212. The van der Waals surface area contributed by atoms with Crippen LogP contribution in [-0.4, -0.2) is 11.5 Å². The lowest BCUT2D eigenvalue weighted by Crippen LogP contribution is -2.25. The highest BCUT2D eigenvalue weighted by Gasteiger charge is 2.19. The molecule has 106 valence electrons. The first-order chi connectivity index (χ1) is 9.63. The number of pyridine rings is 1. The molecule has 20 heavy (non-hydrogen) atoms. The van der Waals surface area contributed by atoms with Crippen molar-refractivity contribution >= 4 is 15.9 Å². The molecule has 2 nitrogen and oxygen atoms in total. The fourth-order valence-corrected chi connectivity index (χ4v) is 2.52. The molecule has 1 N–H and O–H groups in total. The lowest BCUT2D eigenvalue weighted by molar-refractivity contribution is 0.544. The minimum absolute atomic E-state index is 0.170. The predicted octanol–water partition coefficient (Wildman–Crippen LogP) is 4.38. The van der Waals surface area contributed by atoms with Crippen molar-refractivity contribution in [2.24, 2.45) is 0 Å². The molecule has 2 rings (SSSR count). The Balaban J connectivity index is 2.44. The van der Waals surface area contributed by atoms with Gasteiger partial charge in [0.25, 0.3) is 0 Å². The van der Waals surface area contributed by atoms with Crippen LogP contribution in [-0.2, 0) is 0 Å². The maximum absolute atomic E-state index is 14.3. The Kier molecular flexibility index (Phi) is 5.26. The Bertz CT molecular complexity index is 586. The van der Waals surface area contributed by atoms with Gasteiger partial charge in [-0.15, -0.1) is 0 Å². The average molecular weight is 337 g/mol. The number of halogens is 2. The van der Waals surface area contributed by atoms with Gasteiger partial charge >= 0.3 is 0 Å². The van der Waals surface area contributed by atoms with E-state index in [1.165, 1.54) is 6.07 Å². The second-order valence-corrected chi connectivity index (χ2v) is 5.70. The molecule has 1 aromatic heterocycles. The molecule has 1 heterocycles. The van der Waals surface area contributed by atoms with Crippen LogP contribution in [0.4, 0.5) is 4.39 Å². The van der Waals surface area contributed by atoms with Crippen molar-refractivity contribution in [3.8, 4) is 0 Å². The van der Waals surface area contributed by atoms with Crippen molar-refractivity contribution in [1.82, 2.24) is 10.3 Å². The van der Waals surface area contributed by atoms with Crippen molar-refractivity contribution in [2.75, 3.05) is 6.54 Å². The molecule has 1 aromatic carbocycles. The van der Waals surface area contributed by atoms with E-state index in [1.807, 2.05) is 31.3 Å². The van der Waals surface area contributed by atoms with Crippen molar-refractivity contribution in [3.05, 3.63) is 63.6 Å². The SMILES string of the molecule is CCCNC(c1cnccc1C)c1ccc(Br)cc1F. The lowest BCUT2D eigenvalue weighted by Gasteiger charge is -2.21. The van der Waals surface area contributed by atoms with E-state index in [4.69, 9.17) is 0 Å². The van der Waals surface area contributed by atoms with Crippen LogP contribution < -0.4 is 5.32 Å². The van der Waals surface area contributed by atoms with Crippen LogP contribution >= 0.6 is 15.9 Å². The largest absolute Gasteiger partial charge is 0.306 e. The molecule has 0 aliphatic carbocycles. The number of hydrogen-bond acceptors (Lipinski definition) is 2. The van der Waals surface area contributed by atoms with Crippen LogP contribution in [0, 0.1) is 12.7 Å². The summed E-state index contributed by atoms with van der Waals surface area (Å²) in [6, 6.07) is 6.97. The zero-order valence-electron chi connectivity index (χ0n) is 11.7. The predicted molar refractivity (Wildman–Crippen MR) is 83.2 cm³/mol. The van der Waals surface area contributed by atoms with E-state index in [2.05, 4.69) is 33.2 Å². The van der Waals surface area contributed by atoms with Crippen molar-refractivity contribution in [3.63, 3.8) is 0 Å². The summed E-state index contributed by atoms with van der Waals surface area (Å²) in [6.07, 6.45) is 4.56. The summed E-state index contributed by atoms with van der Waals surface area (Å²) in [5.74, 6) is -0.212. The first kappa shape index (κ1) is 15.1. The minimum Gasteiger partial charge on any atom is -0.306 e. The van der Waals surface area contributed by atoms with E-state index >= 15 is 0 Å². The summed E-state index contributed by atoms with van der Waals surface area (Å²) in [6.45, 7) is 4.95. The third-order valence-corrected chi connectivity index (χ3v) is 3.76. The second-order valence-electron chi connectivity index (χ2n) is 4.79. The van der Waals surface area contributed by atoms with Gasteiger partial charge in [0.05, 0.1) is 6.04 Å². The number of benzene rings is 1. The van der Waals surface area contributed by atoms with Crippen molar-refractivity contribution in [1.29, 1.82) is 0 Å². The van der Waals surface area contributed by atoms with Crippen LogP contribution in [0.5, 0.6) is 0 Å². The molecule has 0 fully saturated rings. The van der Waals surface area contributed by atoms with Gasteiger partial charge in [0.2, 0.25) is 0 Å². The number of aromatic nitrogens is 1. The van der Waals surface area contributed by atoms with Crippen molar-refractivity contribution in [2.45, 2.75) is 26.3 Å².